The highest BCUT2D eigenvalue weighted by Gasteiger charge is 2.43. The topological polar surface area (TPSA) is 69.3 Å². The van der Waals surface area contributed by atoms with Crippen molar-refractivity contribution in [3.8, 4) is 0 Å². The van der Waals surface area contributed by atoms with Crippen LogP contribution in [0.3, 0.4) is 0 Å². The van der Waals surface area contributed by atoms with Crippen LogP contribution in [0.5, 0.6) is 0 Å². The number of nitrogens with zero attached hydrogens (tertiary/aromatic N) is 3. The molecule has 6 heteroatoms. The van der Waals surface area contributed by atoms with Crippen LogP contribution in [-0.2, 0) is 6.54 Å². The Hall–Kier alpha value is -2.47. The lowest BCUT2D eigenvalue weighted by atomic mass is 9.79. The first-order chi connectivity index (χ1) is 14.3. The molecule has 3 heterocycles. The molecule has 1 aromatic heterocycles. The number of ketones is 1. The van der Waals surface area contributed by atoms with Gasteiger partial charge in [0.05, 0.1) is 0 Å². The Balaban J connectivity index is 1.38. The Morgan fingerprint density at radius 2 is 1.90 bits per heavy atom. The number of aromatic amines is 1. The number of hydrogen-bond donors (Lipinski definition) is 1. The lowest BCUT2D eigenvalue weighted by molar-refractivity contribution is 0.0671. The maximum Gasteiger partial charge on any atom is 0.271 e. The number of aromatic nitrogens is 2. The molecule has 1 spiro atoms. The van der Waals surface area contributed by atoms with E-state index in [0.29, 0.717) is 17.3 Å². The minimum Gasteiger partial charge on any atom is -0.337 e. The summed E-state index contributed by atoms with van der Waals surface area (Å²) < 4.78 is 0. The fourth-order valence-corrected chi connectivity index (χ4v) is 4.93. The van der Waals surface area contributed by atoms with Crippen LogP contribution in [0.15, 0.2) is 30.3 Å². The molecule has 2 fully saturated rings. The molecule has 4 rings (SSSR count). The first-order valence-electron chi connectivity index (χ1n) is 11.0. The molecule has 2 aliphatic rings. The Kier molecular flexibility index (Phi) is 5.78. The van der Waals surface area contributed by atoms with E-state index in [2.05, 4.69) is 53.2 Å². The first-order valence-corrected chi connectivity index (χ1v) is 11.0. The Labute approximate surface area is 178 Å². The quantitative estimate of drug-likeness (QED) is 0.763. The second-order valence-corrected chi connectivity index (χ2v) is 9.41. The van der Waals surface area contributed by atoms with Gasteiger partial charge in [0.25, 0.3) is 5.91 Å². The summed E-state index contributed by atoms with van der Waals surface area (Å²) >= 11 is 0. The SMILES string of the molecule is CC(=O)c1cc(C(=O)N2CCC3(CCCN(Cc4ccc(C(C)C)cc4)C3)C2)[nH]n1. The summed E-state index contributed by atoms with van der Waals surface area (Å²) in [6.07, 6.45) is 3.38. The molecule has 1 aromatic carbocycles. The van der Waals surface area contributed by atoms with Crippen LogP contribution in [0.2, 0.25) is 0 Å². The Morgan fingerprint density at radius 3 is 2.57 bits per heavy atom. The molecule has 0 bridgehead atoms. The van der Waals surface area contributed by atoms with Gasteiger partial charge in [-0.2, -0.15) is 5.10 Å². The predicted octanol–water partition coefficient (Wildman–Crippen LogP) is 3.86. The average molecular weight is 409 g/mol. The molecule has 160 valence electrons. The van der Waals surface area contributed by atoms with E-state index >= 15 is 0 Å². The molecule has 0 aliphatic carbocycles. The summed E-state index contributed by atoms with van der Waals surface area (Å²) in [7, 11) is 0. The summed E-state index contributed by atoms with van der Waals surface area (Å²) in [6.45, 7) is 10.6. The number of carbonyl (C=O) groups is 2. The fraction of sp³-hybridized carbons (Fsp3) is 0.542. The van der Waals surface area contributed by atoms with Crippen LogP contribution in [0, 0.1) is 5.41 Å². The number of amides is 1. The number of piperidine rings is 1. The standard InChI is InChI=1S/C24H32N4O2/c1-17(2)20-7-5-19(6-8-20)14-27-11-4-9-24(15-27)10-12-28(16-24)23(30)22-13-21(18(3)29)25-26-22/h5-8,13,17H,4,9-12,14-16H2,1-3H3,(H,25,26). The van der Waals surface area contributed by atoms with Gasteiger partial charge in [0.1, 0.15) is 11.4 Å². The van der Waals surface area contributed by atoms with Gasteiger partial charge in [-0.3, -0.25) is 19.6 Å². The molecule has 6 nitrogen and oxygen atoms in total. The van der Waals surface area contributed by atoms with Crippen molar-refractivity contribution in [2.45, 2.75) is 52.5 Å². The molecule has 2 saturated heterocycles. The molecular weight excluding hydrogens is 376 g/mol. The molecule has 0 saturated carbocycles. The number of Topliss-reactive ketones (excluding diaryl/α,β-unsaturated/α-hetero) is 1. The van der Waals surface area contributed by atoms with Gasteiger partial charge in [0.2, 0.25) is 0 Å². The van der Waals surface area contributed by atoms with Crippen LogP contribution in [0.1, 0.15) is 78.1 Å². The van der Waals surface area contributed by atoms with E-state index < -0.39 is 0 Å². The van der Waals surface area contributed by atoms with E-state index in [1.165, 1.54) is 30.9 Å². The maximum atomic E-state index is 12.9. The Morgan fingerprint density at radius 1 is 1.13 bits per heavy atom. The minimum absolute atomic E-state index is 0.0479. The van der Waals surface area contributed by atoms with E-state index in [0.717, 1.165) is 39.1 Å². The summed E-state index contributed by atoms with van der Waals surface area (Å²) in [5, 5.41) is 6.69. The molecule has 2 aromatic rings. The van der Waals surface area contributed by atoms with Crippen molar-refractivity contribution in [2.24, 2.45) is 5.41 Å². The molecule has 1 unspecified atom stereocenters. The van der Waals surface area contributed by atoms with Gasteiger partial charge in [-0.15, -0.1) is 0 Å². The average Bonchev–Trinajstić information content (AvgIpc) is 3.36. The van der Waals surface area contributed by atoms with Crippen molar-refractivity contribution >= 4 is 11.7 Å². The Bertz CT molecular complexity index is 918. The largest absolute Gasteiger partial charge is 0.337 e. The minimum atomic E-state index is -0.132. The van der Waals surface area contributed by atoms with E-state index in [1.54, 1.807) is 6.07 Å². The normalized spacial score (nSPS) is 22.2. The van der Waals surface area contributed by atoms with Crippen molar-refractivity contribution < 1.29 is 9.59 Å². The number of carbonyl (C=O) groups excluding carboxylic acids is 2. The molecule has 1 atom stereocenters. The zero-order valence-electron chi connectivity index (χ0n) is 18.3. The van der Waals surface area contributed by atoms with E-state index in [-0.39, 0.29) is 17.1 Å². The number of likely N-dealkylation sites (tertiary alicyclic amines) is 2. The van der Waals surface area contributed by atoms with Crippen LogP contribution in [-0.4, -0.2) is 57.9 Å². The van der Waals surface area contributed by atoms with E-state index in [1.807, 2.05) is 4.90 Å². The van der Waals surface area contributed by atoms with Gasteiger partial charge in [-0.05, 0) is 48.9 Å². The summed E-state index contributed by atoms with van der Waals surface area (Å²) in [4.78, 5) is 28.8. The highest BCUT2D eigenvalue weighted by molar-refractivity contribution is 5.97. The van der Waals surface area contributed by atoms with Crippen molar-refractivity contribution in [3.63, 3.8) is 0 Å². The van der Waals surface area contributed by atoms with Crippen LogP contribution >= 0.6 is 0 Å². The molecular formula is C24H32N4O2. The van der Waals surface area contributed by atoms with Crippen molar-refractivity contribution in [1.29, 1.82) is 0 Å². The van der Waals surface area contributed by atoms with Crippen molar-refractivity contribution in [1.82, 2.24) is 20.0 Å². The third-order valence-corrected chi connectivity index (χ3v) is 6.69. The van der Waals surface area contributed by atoms with Gasteiger partial charge < -0.3 is 4.90 Å². The number of nitrogens with one attached hydrogen (secondary N) is 1. The maximum absolute atomic E-state index is 12.9. The summed E-state index contributed by atoms with van der Waals surface area (Å²) in [6, 6.07) is 10.6. The number of rotatable bonds is 5. The smallest absolute Gasteiger partial charge is 0.271 e. The second kappa shape index (κ2) is 8.34. The number of hydrogen-bond acceptors (Lipinski definition) is 4. The third-order valence-electron chi connectivity index (χ3n) is 6.69. The molecule has 0 radical (unpaired) electrons. The number of benzene rings is 1. The third kappa shape index (κ3) is 4.33. The highest BCUT2D eigenvalue weighted by Crippen LogP contribution is 2.39. The zero-order valence-corrected chi connectivity index (χ0v) is 18.3. The summed E-state index contributed by atoms with van der Waals surface area (Å²) in [5.74, 6) is 0.376. The van der Waals surface area contributed by atoms with Crippen LogP contribution in [0.4, 0.5) is 0 Å². The van der Waals surface area contributed by atoms with Gasteiger partial charge in [-0.25, -0.2) is 0 Å². The van der Waals surface area contributed by atoms with Crippen LogP contribution < -0.4 is 0 Å². The molecule has 1 amide bonds. The first kappa shape index (κ1) is 20.8. The van der Waals surface area contributed by atoms with Gasteiger partial charge in [0.15, 0.2) is 5.78 Å². The van der Waals surface area contributed by atoms with Crippen molar-refractivity contribution in [2.75, 3.05) is 26.2 Å². The molecule has 30 heavy (non-hydrogen) atoms. The van der Waals surface area contributed by atoms with Gasteiger partial charge in [0, 0.05) is 38.5 Å². The molecule has 1 N–H and O–H groups in total. The lowest BCUT2D eigenvalue weighted by Gasteiger charge is -2.40. The van der Waals surface area contributed by atoms with Gasteiger partial charge >= 0.3 is 0 Å². The zero-order chi connectivity index (χ0) is 21.3. The number of H-pyrrole nitrogens is 1. The molecule has 2 aliphatic heterocycles. The van der Waals surface area contributed by atoms with E-state index in [4.69, 9.17) is 0 Å². The predicted molar refractivity (Wildman–Crippen MR) is 117 cm³/mol. The fourth-order valence-electron chi connectivity index (χ4n) is 4.93. The van der Waals surface area contributed by atoms with Gasteiger partial charge in [-0.1, -0.05) is 38.1 Å². The summed E-state index contributed by atoms with van der Waals surface area (Å²) in [5.41, 5.74) is 3.65. The second-order valence-electron chi connectivity index (χ2n) is 9.41. The highest BCUT2D eigenvalue weighted by atomic mass is 16.2. The van der Waals surface area contributed by atoms with Crippen molar-refractivity contribution in [3.05, 3.63) is 52.8 Å². The monoisotopic (exact) mass is 408 g/mol. The van der Waals surface area contributed by atoms with Crippen LogP contribution in [0.25, 0.3) is 0 Å². The van der Waals surface area contributed by atoms with E-state index in [9.17, 15) is 9.59 Å². The lowest BCUT2D eigenvalue weighted by Crippen LogP contribution is -2.45.